The smallest absolute Gasteiger partial charge is 0.164 e. The van der Waals surface area contributed by atoms with Crippen LogP contribution in [0.1, 0.15) is 6.85 Å². The van der Waals surface area contributed by atoms with E-state index in [1.54, 1.807) is 11.3 Å². The monoisotopic (exact) mass is 586 g/mol. The maximum absolute atomic E-state index is 8.65. The van der Waals surface area contributed by atoms with Gasteiger partial charge in [0.15, 0.2) is 17.5 Å². The summed E-state index contributed by atoms with van der Waals surface area (Å²) in [4.78, 5) is 14.3. The van der Waals surface area contributed by atoms with E-state index in [9.17, 15) is 0 Å². The van der Waals surface area contributed by atoms with Crippen molar-refractivity contribution < 1.29 is 11.3 Å². The standard InChI is InChI=1S/C39H23N3OS/c1-3-11-24(12-4-1)37-40-38(25-13-5-2-6-14-25)42-39(41-37)30-18-10-19-33-35(30)31-23-26(21-22-32(31)43-33)27-16-9-17-29-28-15-7-8-20-34(28)44-36(27)29/h1-23H/i1D,3D,4D,11D,12D. The van der Waals surface area contributed by atoms with Gasteiger partial charge in [0.2, 0.25) is 0 Å². The molecule has 0 aliphatic rings. The van der Waals surface area contributed by atoms with E-state index in [4.69, 9.17) is 21.2 Å². The zero-order valence-electron chi connectivity index (χ0n) is 28.1. The van der Waals surface area contributed by atoms with Crippen LogP contribution in [-0.2, 0) is 0 Å². The first-order valence-electron chi connectivity index (χ1n) is 16.6. The average Bonchev–Trinajstić information content (AvgIpc) is 3.72. The van der Waals surface area contributed by atoms with Crippen molar-refractivity contribution in [3.63, 3.8) is 0 Å². The van der Waals surface area contributed by atoms with E-state index in [0.717, 1.165) is 21.9 Å². The molecule has 44 heavy (non-hydrogen) atoms. The number of thiophene rings is 1. The first-order valence-corrected chi connectivity index (χ1v) is 14.9. The Hall–Kier alpha value is -5.65. The highest BCUT2D eigenvalue weighted by Gasteiger charge is 2.19. The highest BCUT2D eigenvalue weighted by molar-refractivity contribution is 7.26. The number of benzene rings is 6. The minimum atomic E-state index is -0.479. The SMILES string of the molecule is [2H]c1c([2H])c([2H])c(-c2nc(-c3ccccc3)nc(-c3cccc4oc5ccc(-c6cccc7c6sc6ccccc67)cc5c34)n2)c([2H])c1[2H]. The van der Waals surface area contributed by atoms with Crippen molar-refractivity contribution >= 4 is 53.4 Å². The predicted molar refractivity (Wildman–Crippen MR) is 182 cm³/mol. The molecule has 0 atom stereocenters. The van der Waals surface area contributed by atoms with Crippen LogP contribution in [0.2, 0.25) is 0 Å². The van der Waals surface area contributed by atoms with E-state index >= 15 is 0 Å². The molecule has 4 nitrogen and oxygen atoms in total. The highest BCUT2D eigenvalue weighted by atomic mass is 32.1. The second kappa shape index (κ2) is 9.97. The summed E-state index contributed by atoms with van der Waals surface area (Å²) >= 11 is 1.78. The molecule has 0 aliphatic carbocycles. The Labute approximate surface area is 264 Å². The summed E-state index contributed by atoms with van der Waals surface area (Å²) in [6.07, 6.45) is 0. The molecule has 0 fully saturated rings. The van der Waals surface area contributed by atoms with Crippen molar-refractivity contribution in [3.8, 4) is 45.3 Å². The number of hydrogen-bond acceptors (Lipinski definition) is 5. The van der Waals surface area contributed by atoms with E-state index < -0.39 is 18.1 Å². The largest absolute Gasteiger partial charge is 0.456 e. The van der Waals surface area contributed by atoms with Gasteiger partial charge in [-0.25, -0.2) is 15.0 Å². The van der Waals surface area contributed by atoms with Gasteiger partial charge in [0, 0.05) is 47.6 Å². The number of fused-ring (bicyclic) bond motifs is 6. The van der Waals surface area contributed by atoms with Gasteiger partial charge in [-0.15, -0.1) is 11.3 Å². The predicted octanol–water partition coefficient (Wildman–Crippen LogP) is 10.8. The fraction of sp³-hybridized carbons (Fsp3) is 0. The Kier molecular flexibility index (Phi) is 4.60. The third kappa shape index (κ3) is 4.02. The zero-order valence-corrected chi connectivity index (χ0v) is 23.9. The maximum Gasteiger partial charge on any atom is 0.164 e. The van der Waals surface area contributed by atoms with Gasteiger partial charge in [0.25, 0.3) is 0 Å². The van der Waals surface area contributed by atoms with Crippen molar-refractivity contribution in [3.05, 3.63) is 139 Å². The van der Waals surface area contributed by atoms with Crippen molar-refractivity contribution in [1.29, 1.82) is 0 Å². The first-order chi connectivity index (χ1) is 23.9. The molecule has 0 unspecified atom stereocenters. The summed E-state index contributed by atoms with van der Waals surface area (Å²) in [6, 6.07) is 33.9. The van der Waals surface area contributed by atoms with Gasteiger partial charge in [-0.2, -0.15) is 0 Å². The molecule has 3 aromatic heterocycles. The molecule has 206 valence electrons. The van der Waals surface area contributed by atoms with Gasteiger partial charge in [-0.05, 0) is 35.4 Å². The lowest BCUT2D eigenvalue weighted by molar-refractivity contribution is 0.669. The Balaban J connectivity index is 1.30. The van der Waals surface area contributed by atoms with Crippen molar-refractivity contribution in [2.75, 3.05) is 0 Å². The van der Waals surface area contributed by atoms with Gasteiger partial charge in [0.05, 0.1) is 6.85 Å². The van der Waals surface area contributed by atoms with Crippen LogP contribution in [0.15, 0.2) is 144 Å². The molecule has 6 aromatic carbocycles. The Morgan fingerprint density at radius 3 is 2.14 bits per heavy atom. The van der Waals surface area contributed by atoms with Crippen LogP contribution < -0.4 is 0 Å². The van der Waals surface area contributed by atoms with Gasteiger partial charge < -0.3 is 4.42 Å². The van der Waals surface area contributed by atoms with Crippen molar-refractivity contribution in [2.45, 2.75) is 0 Å². The molecule has 0 N–H and O–H groups in total. The number of hydrogen-bond donors (Lipinski definition) is 0. The lowest BCUT2D eigenvalue weighted by atomic mass is 9.99. The number of nitrogens with zero attached hydrogens (tertiary/aromatic N) is 3. The molecule has 0 bridgehead atoms. The van der Waals surface area contributed by atoms with Crippen LogP contribution in [0.3, 0.4) is 0 Å². The molecule has 0 spiro atoms. The molecule has 0 radical (unpaired) electrons. The van der Waals surface area contributed by atoms with E-state index in [-0.39, 0.29) is 23.5 Å². The minimum Gasteiger partial charge on any atom is -0.456 e. The quantitative estimate of drug-likeness (QED) is 0.206. The fourth-order valence-corrected chi connectivity index (χ4v) is 7.08. The van der Waals surface area contributed by atoms with Crippen LogP contribution in [0.5, 0.6) is 0 Å². The molecule has 5 heteroatoms. The Morgan fingerprint density at radius 1 is 0.523 bits per heavy atom. The normalized spacial score (nSPS) is 13.2. The van der Waals surface area contributed by atoms with Crippen LogP contribution >= 0.6 is 11.3 Å². The molecule has 0 amide bonds. The zero-order chi connectivity index (χ0) is 33.4. The third-order valence-corrected chi connectivity index (χ3v) is 9.06. The summed E-state index contributed by atoms with van der Waals surface area (Å²) in [5.41, 5.74) is 4.80. The van der Waals surface area contributed by atoms with E-state index in [1.165, 1.54) is 20.2 Å². The molecular weight excluding hydrogens is 559 g/mol. The molecule has 3 heterocycles. The highest BCUT2D eigenvalue weighted by Crippen LogP contribution is 2.42. The summed E-state index contributed by atoms with van der Waals surface area (Å²) in [5.74, 6) is 0.595. The van der Waals surface area contributed by atoms with Gasteiger partial charge in [-0.1, -0.05) is 115 Å². The first kappa shape index (κ1) is 20.3. The van der Waals surface area contributed by atoms with Crippen LogP contribution in [0, 0.1) is 0 Å². The summed E-state index contributed by atoms with van der Waals surface area (Å²) < 4.78 is 50.8. The molecular formula is C39H23N3OS. The van der Waals surface area contributed by atoms with E-state index in [1.807, 2.05) is 54.6 Å². The summed E-state index contributed by atoms with van der Waals surface area (Å²) in [6.45, 7) is 0. The van der Waals surface area contributed by atoms with Gasteiger partial charge >= 0.3 is 0 Å². The number of aromatic nitrogens is 3. The fourth-order valence-electron chi connectivity index (χ4n) is 5.84. The van der Waals surface area contributed by atoms with Gasteiger partial charge in [-0.3, -0.25) is 0 Å². The minimum absolute atomic E-state index is 0.0113. The summed E-state index contributed by atoms with van der Waals surface area (Å²) in [7, 11) is 0. The van der Waals surface area contributed by atoms with Crippen molar-refractivity contribution in [1.82, 2.24) is 15.0 Å². The molecule has 0 saturated carbocycles. The van der Waals surface area contributed by atoms with Crippen LogP contribution in [-0.4, -0.2) is 15.0 Å². The molecule has 9 aromatic rings. The second-order valence-electron chi connectivity index (χ2n) is 10.4. The number of rotatable bonds is 4. The van der Waals surface area contributed by atoms with E-state index in [0.29, 0.717) is 33.9 Å². The Morgan fingerprint density at radius 2 is 1.25 bits per heavy atom. The molecule has 9 rings (SSSR count). The lowest BCUT2D eigenvalue weighted by Gasteiger charge is -2.09. The topological polar surface area (TPSA) is 51.8 Å². The second-order valence-corrected chi connectivity index (χ2v) is 11.5. The molecule has 0 aliphatic heterocycles. The molecule has 0 saturated heterocycles. The Bertz CT molecular complexity index is 2770. The van der Waals surface area contributed by atoms with E-state index in [2.05, 4.69) is 59.6 Å². The lowest BCUT2D eigenvalue weighted by Crippen LogP contribution is -2.00. The van der Waals surface area contributed by atoms with Crippen LogP contribution in [0.25, 0.3) is 87.4 Å². The summed E-state index contributed by atoms with van der Waals surface area (Å²) in [5, 5.41) is 4.14. The average molecular weight is 587 g/mol. The number of furan rings is 1. The van der Waals surface area contributed by atoms with Crippen molar-refractivity contribution in [2.24, 2.45) is 0 Å². The van der Waals surface area contributed by atoms with Gasteiger partial charge in [0.1, 0.15) is 11.2 Å². The third-order valence-electron chi connectivity index (χ3n) is 7.84. The maximum atomic E-state index is 8.65. The van der Waals surface area contributed by atoms with Crippen LogP contribution in [0.4, 0.5) is 0 Å².